The van der Waals surface area contributed by atoms with Gasteiger partial charge < -0.3 is 5.32 Å². The van der Waals surface area contributed by atoms with Gasteiger partial charge in [-0.15, -0.1) is 0 Å². The van der Waals surface area contributed by atoms with E-state index in [4.69, 9.17) is 16.9 Å². The summed E-state index contributed by atoms with van der Waals surface area (Å²) in [6.45, 7) is 0. The molecule has 1 aliphatic carbocycles. The highest BCUT2D eigenvalue weighted by Gasteiger charge is 2.50. The lowest BCUT2D eigenvalue weighted by Crippen LogP contribution is -2.26. The Morgan fingerprint density at radius 2 is 2.25 bits per heavy atom. The molecule has 1 aromatic carbocycles. The van der Waals surface area contributed by atoms with E-state index in [0.29, 0.717) is 10.6 Å². The van der Waals surface area contributed by atoms with Gasteiger partial charge in [-0.1, -0.05) is 11.6 Å². The first-order valence-corrected chi connectivity index (χ1v) is 5.54. The molecule has 0 aromatic heterocycles. The summed E-state index contributed by atoms with van der Waals surface area (Å²) in [6.07, 6.45) is 1.61. The monoisotopic (exact) mass is 238 g/mol. The smallest absolute Gasteiger partial charge is 0.128 e. The fourth-order valence-corrected chi connectivity index (χ4v) is 2.25. The number of hydrogen-bond donors (Lipinski definition) is 1. The lowest BCUT2D eigenvalue weighted by atomic mass is 9.91. The highest BCUT2D eigenvalue weighted by Crippen LogP contribution is 2.54. The van der Waals surface area contributed by atoms with Crippen LogP contribution in [-0.2, 0) is 0 Å². The van der Waals surface area contributed by atoms with Crippen molar-refractivity contribution in [1.82, 2.24) is 5.32 Å². The van der Waals surface area contributed by atoms with Gasteiger partial charge in [0.15, 0.2) is 0 Å². The Kier molecular flexibility index (Phi) is 2.88. The number of benzene rings is 1. The number of nitrogens with zero attached hydrogens (tertiary/aromatic N) is 1. The highest BCUT2D eigenvalue weighted by molar-refractivity contribution is 6.30. The van der Waals surface area contributed by atoms with Crippen LogP contribution >= 0.6 is 11.6 Å². The van der Waals surface area contributed by atoms with Crippen LogP contribution in [0.15, 0.2) is 18.2 Å². The molecule has 0 saturated heterocycles. The minimum absolute atomic E-state index is 0.281. The second-order valence-corrected chi connectivity index (χ2v) is 4.59. The number of nitriles is 1. The largest absolute Gasteiger partial charge is 0.312 e. The van der Waals surface area contributed by atoms with Gasteiger partial charge >= 0.3 is 0 Å². The van der Waals surface area contributed by atoms with E-state index in [1.54, 1.807) is 13.1 Å². The molecule has 2 rings (SSSR count). The zero-order valence-electron chi connectivity index (χ0n) is 8.93. The molecule has 0 heterocycles. The molecular formula is C12H12ClFN2. The lowest BCUT2D eigenvalue weighted by Gasteiger charge is -2.22. The Morgan fingerprint density at radius 1 is 1.56 bits per heavy atom. The average molecular weight is 239 g/mol. The van der Waals surface area contributed by atoms with E-state index in [2.05, 4.69) is 11.4 Å². The van der Waals surface area contributed by atoms with Crippen LogP contribution in [0.5, 0.6) is 0 Å². The molecule has 0 aliphatic heterocycles. The van der Waals surface area contributed by atoms with Gasteiger partial charge in [0.1, 0.15) is 5.82 Å². The maximum Gasteiger partial charge on any atom is 0.128 e. The van der Waals surface area contributed by atoms with Crippen molar-refractivity contribution >= 4 is 11.6 Å². The van der Waals surface area contributed by atoms with E-state index in [1.165, 1.54) is 12.1 Å². The van der Waals surface area contributed by atoms with E-state index in [1.807, 2.05) is 0 Å². The Hall–Kier alpha value is -1.11. The Balaban J connectivity index is 2.42. The molecule has 0 bridgehead atoms. The molecule has 4 heteroatoms. The van der Waals surface area contributed by atoms with Gasteiger partial charge in [0.25, 0.3) is 0 Å². The average Bonchev–Trinajstić information content (AvgIpc) is 3.05. The summed E-state index contributed by atoms with van der Waals surface area (Å²) in [5, 5.41) is 12.6. The molecule has 1 N–H and O–H groups in total. The summed E-state index contributed by atoms with van der Waals surface area (Å²) in [4.78, 5) is 0. The van der Waals surface area contributed by atoms with Crippen LogP contribution in [0.2, 0.25) is 5.02 Å². The fourth-order valence-electron chi connectivity index (χ4n) is 2.06. The van der Waals surface area contributed by atoms with Crippen molar-refractivity contribution < 1.29 is 4.39 Å². The van der Waals surface area contributed by atoms with E-state index in [0.717, 1.165) is 12.8 Å². The van der Waals surface area contributed by atoms with Gasteiger partial charge in [-0.25, -0.2) is 4.39 Å². The predicted molar refractivity (Wildman–Crippen MR) is 60.5 cm³/mol. The molecule has 1 unspecified atom stereocenters. The van der Waals surface area contributed by atoms with Crippen LogP contribution in [-0.4, -0.2) is 7.05 Å². The fraction of sp³-hybridized carbons (Fsp3) is 0.417. The van der Waals surface area contributed by atoms with E-state index in [-0.39, 0.29) is 11.9 Å². The topological polar surface area (TPSA) is 35.8 Å². The third kappa shape index (κ3) is 1.79. The third-order valence-electron chi connectivity index (χ3n) is 3.12. The number of hydrogen-bond acceptors (Lipinski definition) is 2. The maximum absolute atomic E-state index is 13.7. The Bertz CT molecular complexity index is 449. The van der Waals surface area contributed by atoms with Crippen molar-refractivity contribution in [3.63, 3.8) is 0 Å². The standard InChI is InChI=1S/C12H12ClFN2/c1-16-11(12(7-15)4-5-12)9-6-8(13)2-3-10(9)14/h2-3,6,11,16H,4-5H2,1H3. The van der Waals surface area contributed by atoms with Gasteiger partial charge in [-0.05, 0) is 38.1 Å². The molecule has 0 spiro atoms. The molecule has 1 atom stereocenters. The summed E-state index contributed by atoms with van der Waals surface area (Å²) < 4.78 is 13.7. The molecule has 16 heavy (non-hydrogen) atoms. The van der Waals surface area contributed by atoms with Crippen LogP contribution in [0.3, 0.4) is 0 Å². The number of rotatable bonds is 3. The first-order valence-electron chi connectivity index (χ1n) is 5.16. The van der Waals surface area contributed by atoms with Crippen molar-refractivity contribution in [2.45, 2.75) is 18.9 Å². The Labute approximate surface area is 99.0 Å². The molecule has 1 fully saturated rings. The first-order chi connectivity index (χ1) is 7.63. The molecular weight excluding hydrogens is 227 g/mol. The minimum atomic E-state index is -0.458. The van der Waals surface area contributed by atoms with Crippen molar-refractivity contribution in [2.75, 3.05) is 7.05 Å². The number of halogens is 2. The van der Waals surface area contributed by atoms with Crippen LogP contribution in [0.1, 0.15) is 24.4 Å². The molecule has 1 saturated carbocycles. The van der Waals surface area contributed by atoms with Crippen molar-refractivity contribution in [3.8, 4) is 6.07 Å². The van der Waals surface area contributed by atoms with Gasteiger partial charge in [0.2, 0.25) is 0 Å². The summed E-state index contributed by atoms with van der Waals surface area (Å²) in [5.41, 5.74) is 0.0225. The zero-order valence-corrected chi connectivity index (χ0v) is 9.68. The van der Waals surface area contributed by atoms with E-state index in [9.17, 15) is 4.39 Å². The first kappa shape index (κ1) is 11.4. The molecule has 0 amide bonds. The third-order valence-corrected chi connectivity index (χ3v) is 3.36. The number of nitrogens with one attached hydrogen (secondary N) is 1. The van der Waals surface area contributed by atoms with Gasteiger partial charge in [0, 0.05) is 10.6 Å². The summed E-state index contributed by atoms with van der Waals surface area (Å²) in [6, 6.07) is 6.44. The van der Waals surface area contributed by atoms with Gasteiger partial charge in [-0.3, -0.25) is 0 Å². The molecule has 1 aromatic rings. The normalized spacial score (nSPS) is 18.9. The summed E-state index contributed by atoms with van der Waals surface area (Å²) in [5.74, 6) is -0.315. The van der Waals surface area contributed by atoms with Gasteiger partial charge in [-0.2, -0.15) is 5.26 Å². The molecule has 1 aliphatic rings. The highest BCUT2D eigenvalue weighted by atomic mass is 35.5. The Morgan fingerprint density at radius 3 is 2.75 bits per heavy atom. The summed E-state index contributed by atoms with van der Waals surface area (Å²) in [7, 11) is 1.74. The zero-order chi connectivity index (χ0) is 11.8. The van der Waals surface area contributed by atoms with Crippen LogP contribution in [0, 0.1) is 22.6 Å². The van der Waals surface area contributed by atoms with Crippen molar-refractivity contribution in [2.24, 2.45) is 5.41 Å². The lowest BCUT2D eigenvalue weighted by molar-refractivity contribution is 0.424. The van der Waals surface area contributed by atoms with E-state index < -0.39 is 5.41 Å². The summed E-state index contributed by atoms with van der Waals surface area (Å²) >= 11 is 5.85. The van der Waals surface area contributed by atoms with E-state index >= 15 is 0 Å². The maximum atomic E-state index is 13.7. The van der Waals surface area contributed by atoms with Gasteiger partial charge in [0.05, 0.1) is 17.5 Å². The SMILES string of the molecule is CNC(c1cc(Cl)ccc1F)C1(C#N)CC1. The van der Waals surface area contributed by atoms with Crippen LogP contribution in [0.25, 0.3) is 0 Å². The molecule has 0 radical (unpaired) electrons. The van der Waals surface area contributed by atoms with Crippen LogP contribution < -0.4 is 5.32 Å². The second kappa shape index (κ2) is 4.04. The molecule has 2 nitrogen and oxygen atoms in total. The van der Waals surface area contributed by atoms with Crippen molar-refractivity contribution in [3.05, 3.63) is 34.6 Å². The molecule has 84 valence electrons. The van der Waals surface area contributed by atoms with Crippen LogP contribution in [0.4, 0.5) is 4.39 Å². The predicted octanol–water partition coefficient (Wildman–Crippen LogP) is 3.04. The minimum Gasteiger partial charge on any atom is -0.312 e. The quantitative estimate of drug-likeness (QED) is 0.879. The van der Waals surface area contributed by atoms with Crippen molar-refractivity contribution in [1.29, 1.82) is 5.26 Å². The second-order valence-electron chi connectivity index (χ2n) is 4.16.